The Bertz CT molecular complexity index is 514. The summed E-state index contributed by atoms with van der Waals surface area (Å²) >= 11 is 0. The molecule has 0 saturated heterocycles. The fraction of sp³-hybridized carbons (Fsp3) is 0. The second-order valence-electron chi connectivity index (χ2n) is 2.89. The van der Waals surface area contributed by atoms with Gasteiger partial charge in [-0.15, -0.1) is 5.26 Å². The molecular formula is C11H8N2O. The van der Waals surface area contributed by atoms with Crippen LogP contribution >= 0.6 is 0 Å². The van der Waals surface area contributed by atoms with E-state index in [2.05, 4.69) is 0 Å². The monoisotopic (exact) mass is 184 g/mol. The lowest BCUT2D eigenvalue weighted by Crippen LogP contribution is -1.88. The van der Waals surface area contributed by atoms with Gasteiger partial charge in [0.1, 0.15) is 5.75 Å². The molecule has 0 radical (unpaired) electrons. The summed E-state index contributed by atoms with van der Waals surface area (Å²) in [6, 6.07) is 11.0. The lowest BCUT2D eigenvalue weighted by Gasteiger charge is -2.04. The number of nitrogens with two attached hydrogens (primary N) is 1. The van der Waals surface area contributed by atoms with Gasteiger partial charge in [-0.05, 0) is 12.1 Å². The smallest absolute Gasteiger partial charge is 0.292 e. The average Bonchev–Trinajstić information content (AvgIpc) is 2.20. The van der Waals surface area contributed by atoms with Crippen molar-refractivity contribution in [3.63, 3.8) is 0 Å². The summed E-state index contributed by atoms with van der Waals surface area (Å²) in [6.07, 6.45) is 1.65. The van der Waals surface area contributed by atoms with Crippen molar-refractivity contribution in [3.8, 4) is 12.0 Å². The van der Waals surface area contributed by atoms with E-state index in [0.29, 0.717) is 11.4 Å². The first-order valence-corrected chi connectivity index (χ1v) is 4.16. The lowest BCUT2D eigenvalue weighted by molar-refractivity contribution is 0.513. The summed E-state index contributed by atoms with van der Waals surface area (Å²) in [4.78, 5) is 0. The lowest BCUT2D eigenvalue weighted by atomic mass is 10.1. The first kappa shape index (κ1) is 8.39. The maximum absolute atomic E-state index is 8.44. The predicted molar refractivity (Wildman–Crippen MR) is 54.6 cm³/mol. The molecule has 2 N–H and O–H groups in total. The van der Waals surface area contributed by atoms with E-state index in [1.54, 1.807) is 12.3 Å². The Labute approximate surface area is 81.3 Å². The van der Waals surface area contributed by atoms with Gasteiger partial charge >= 0.3 is 0 Å². The molecule has 0 fully saturated rings. The average molecular weight is 184 g/mol. The minimum Gasteiger partial charge on any atom is -0.398 e. The second-order valence-corrected chi connectivity index (χ2v) is 2.89. The van der Waals surface area contributed by atoms with Crippen LogP contribution in [0.15, 0.2) is 36.4 Å². The van der Waals surface area contributed by atoms with Crippen LogP contribution in [-0.4, -0.2) is 0 Å². The zero-order valence-corrected chi connectivity index (χ0v) is 7.40. The van der Waals surface area contributed by atoms with E-state index in [1.807, 2.05) is 30.3 Å². The van der Waals surface area contributed by atoms with Crippen molar-refractivity contribution in [1.29, 1.82) is 5.26 Å². The molecule has 3 nitrogen and oxygen atoms in total. The van der Waals surface area contributed by atoms with Gasteiger partial charge in [0.05, 0.1) is 0 Å². The van der Waals surface area contributed by atoms with Gasteiger partial charge in [0.25, 0.3) is 6.26 Å². The molecule has 0 unspecified atom stereocenters. The number of nitriles is 1. The highest BCUT2D eigenvalue weighted by molar-refractivity contribution is 5.96. The van der Waals surface area contributed by atoms with Gasteiger partial charge in [-0.2, -0.15) is 0 Å². The number of fused-ring (bicyclic) bond motifs is 1. The highest BCUT2D eigenvalue weighted by atomic mass is 16.5. The molecule has 0 aliphatic heterocycles. The Balaban J connectivity index is 2.76. The number of hydrogen-bond acceptors (Lipinski definition) is 3. The molecule has 0 aliphatic rings. The molecule has 0 aromatic heterocycles. The van der Waals surface area contributed by atoms with E-state index >= 15 is 0 Å². The molecule has 0 saturated carbocycles. The third-order valence-corrected chi connectivity index (χ3v) is 2.07. The van der Waals surface area contributed by atoms with Gasteiger partial charge in [0.15, 0.2) is 0 Å². The fourth-order valence-electron chi connectivity index (χ4n) is 1.44. The quantitative estimate of drug-likeness (QED) is 0.546. The van der Waals surface area contributed by atoms with Crippen LogP contribution in [0.3, 0.4) is 0 Å². The van der Waals surface area contributed by atoms with Crippen LogP contribution in [0.1, 0.15) is 0 Å². The predicted octanol–water partition coefficient (Wildman–Crippen LogP) is 2.28. The molecule has 2 aromatic rings. The number of hydrogen-bond donors (Lipinski definition) is 1. The molecule has 0 atom stereocenters. The highest BCUT2D eigenvalue weighted by Crippen LogP contribution is 2.28. The summed E-state index contributed by atoms with van der Waals surface area (Å²) in [5.41, 5.74) is 6.47. The van der Waals surface area contributed by atoms with E-state index < -0.39 is 0 Å². The highest BCUT2D eigenvalue weighted by Gasteiger charge is 2.02. The molecule has 0 spiro atoms. The number of benzene rings is 2. The molecule has 2 aromatic carbocycles. The summed E-state index contributed by atoms with van der Waals surface area (Å²) in [5.74, 6) is 0.539. The van der Waals surface area contributed by atoms with Crippen LogP contribution in [0.2, 0.25) is 0 Å². The number of rotatable bonds is 1. The first-order valence-electron chi connectivity index (χ1n) is 4.16. The molecular weight excluding hydrogens is 176 g/mol. The van der Waals surface area contributed by atoms with Crippen molar-refractivity contribution >= 4 is 16.5 Å². The number of nitrogens with zero attached hydrogens (tertiary/aromatic N) is 1. The Kier molecular flexibility index (Phi) is 1.96. The molecule has 0 bridgehead atoms. The van der Waals surface area contributed by atoms with E-state index in [1.165, 1.54) is 0 Å². The van der Waals surface area contributed by atoms with Crippen molar-refractivity contribution in [3.05, 3.63) is 36.4 Å². The zero-order chi connectivity index (χ0) is 9.97. The summed E-state index contributed by atoms with van der Waals surface area (Å²) in [6.45, 7) is 0. The van der Waals surface area contributed by atoms with Gasteiger partial charge in [0.2, 0.25) is 0 Å². The number of ether oxygens (including phenoxy) is 1. The van der Waals surface area contributed by atoms with Gasteiger partial charge in [-0.25, -0.2) is 0 Å². The standard InChI is InChI=1S/C11H8N2O/c12-7-14-11-6-2-3-8-9(11)4-1-5-10(8)13/h1-6H,13H2. The molecule has 3 heteroatoms. The molecule has 0 amide bonds. The largest absolute Gasteiger partial charge is 0.398 e. The number of anilines is 1. The summed E-state index contributed by atoms with van der Waals surface area (Å²) in [7, 11) is 0. The van der Waals surface area contributed by atoms with Gasteiger partial charge in [0, 0.05) is 16.5 Å². The van der Waals surface area contributed by atoms with E-state index in [4.69, 9.17) is 15.7 Å². The Morgan fingerprint density at radius 2 is 1.79 bits per heavy atom. The van der Waals surface area contributed by atoms with Crippen LogP contribution in [0.5, 0.6) is 5.75 Å². The van der Waals surface area contributed by atoms with E-state index in [0.717, 1.165) is 10.8 Å². The molecule has 2 rings (SSSR count). The van der Waals surface area contributed by atoms with Crippen molar-refractivity contribution in [2.24, 2.45) is 0 Å². The van der Waals surface area contributed by atoms with Crippen LogP contribution < -0.4 is 10.5 Å². The van der Waals surface area contributed by atoms with E-state index in [-0.39, 0.29) is 0 Å². The van der Waals surface area contributed by atoms with Gasteiger partial charge < -0.3 is 10.5 Å². The molecule has 0 aliphatic carbocycles. The molecule has 14 heavy (non-hydrogen) atoms. The zero-order valence-electron chi connectivity index (χ0n) is 7.40. The molecule has 68 valence electrons. The fourth-order valence-corrected chi connectivity index (χ4v) is 1.44. The number of nitrogen functional groups attached to an aromatic ring is 1. The third-order valence-electron chi connectivity index (χ3n) is 2.07. The SMILES string of the molecule is N#COc1cccc2c(N)cccc12. The normalized spacial score (nSPS) is 9.64. The topological polar surface area (TPSA) is 59.0 Å². The van der Waals surface area contributed by atoms with Crippen molar-refractivity contribution in [2.45, 2.75) is 0 Å². The van der Waals surface area contributed by atoms with Crippen LogP contribution in [-0.2, 0) is 0 Å². The third kappa shape index (κ3) is 1.23. The van der Waals surface area contributed by atoms with Crippen molar-refractivity contribution in [1.82, 2.24) is 0 Å². The van der Waals surface area contributed by atoms with Crippen LogP contribution in [0.4, 0.5) is 5.69 Å². The second kappa shape index (κ2) is 3.27. The van der Waals surface area contributed by atoms with Gasteiger partial charge in [-0.1, -0.05) is 24.3 Å². The Hall–Kier alpha value is -2.21. The van der Waals surface area contributed by atoms with Crippen molar-refractivity contribution in [2.75, 3.05) is 5.73 Å². The maximum Gasteiger partial charge on any atom is 0.292 e. The summed E-state index contributed by atoms with van der Waals surface area (Å²) in [5, 5.41) is 10.2. The Morgan fingerprint density at radius 1 is 1.07 bits per heavy atom. The minimum absolute atomic E-state index is 0.539. The van der Waals surface area contributed by atoms with Crippen LogP contribution in [0, 0.1) is 11.5 Å². The van der Waals surface area contributed by atoms with Gasteiger partial charge in [-0.3, -0.25) is 0 Å². The summed E-state index contributed by atoms with van der Waals surface area (Å²) < 4.78 is 4.82. The van der Waals surface area contributed by atoms with Crippen LogP contribution in [0.25, 0.3) is 10.8 Å². The van der Waals surface area contributed by atoms with E-state index in [9.17, 15) is 0 Å². The van der Waals surface area contributed by atoms with Crippen molar-refractivity contribution < 1.29 is 4.74 Å². The molecule has 0 heterocycles. The maximum atomic E-state index is 8.44. The first-order chi connectivity index (χ1) is 6.83. The Morgan fingerprint density at radius 3 is 2.57 bits per heavy atom. The minimum atomic E-state index is 0.539.